The van der Waals surface area contributed by atoms with Gasteiger partial charge in [0.15, 0.2) is 0 Å². The first-order chi connectivity index (χ1) is 7.16. The highest BCUT2D eigenvalue weighted by atomic mass is 79.9. The van der Waals surface area contributed by atoms with E-state index in [1.165, 1.54) is 0 Å². The van der Waals surface area contributed by atoms with Crippen molar-refractivity contribution >= 4 is 43.4 Å². The van der Waals surface area contributed by atoms with Crippen molar-refractivity contribution < 1.29 is 4.79 Å². The fourth-order valence-electron chi connectivity index (χ4n) is 1.33. The highest BCUT2D eigenvalue weighted by Crippen LogP contribution is 2.20. The molecule has 0 saturated heterocycles. The van der Waals surface area contributed by atoms with Gasteiger partial charge >= 0.3 is 0 Å². The number of aromatic nitrogens is 1. The van der Waals surface area contributed by atoms with Gasteiger partial charge in [0.2, 0.25) is 5.91 Å². The third-order valence-electron chi connectivity index (χ3n) is 2.12. The molecule has 1 atom stereocenters. The zero-order valence-electron chi connectivity index (χ0n) is 7.81. The van der Waals surface area contributed by atoms with E-state index in [9.17, 15) is 4.79 Å². The molecule has 1 heterocycles. The summed E-state index contributed by atoms with van der Waals surface area (Å²) in [4.78, 5) is 14.8. The Labute approximate surface area is 99.4 Å². The van der Waals surface area contributed by atoms with Crippen LogP contribution >= 0.6 is 27.3 Å². The number of nitrogens with two attached hydrogens (primary N) is 1. The quantitative estimate of drug-likeness (QED) is 0.878. The summed E-state index contributed by atoms with van der Waals surface area (Å²) >= 11 is 4.84. The van der Waals surface area contributed by atoms with Crippen LogP contribution in [0.1, 0.15) is 5.56 Å². The highest BCUT2D eigenvalue weighted by molar-refractivity contribution is 9.10. The molecule has 3 nitrogen and oxygen atoms in total. The molecule has 1 aromatic heterocycles. The van der Waals surface area contributed by atoms with Crippen LogP contribution in [-0.4, -0.2) is 15.7 Å². The molecule has 15 heavy (non-hydrogen) atoms. The van der Waals surface area contributed by atoms with Gasteiger partial charge in [-0.05, 0) is 24.1 Å². The number of halogens is 1. The fourth-order valence-corrected chi connectivity index (χ4v) is 2.45. The molecule has 1 amide bonds. The third-order valence-corrected chi connectivity index (χ3v) is 3.69. The summed E-state index contributed by atoms with van der Waals surface area (Å²) in [6.07, 6.45) is 0.614. The highest BCUT2D eigenvalue weighted by Gasteiger charge is 2.11. The van der Waals surface area contributed by atoms with Crippen molar-refractivity contribution in [1.82, 2.24) is 4.98 Å². The Hall–Kier alpha value is -0.940. The van der Waals surface area contributed by atoms with Gasteiger partial charge in [-0.1, -0.05) is 22.0 Å². The summed E-state index contributed by atoms with van der Waals surface area (Å²) in [6, 6.07) is 5.98. The number of carbonyl (C=O) groups is 1. The van der Waals surface area contributed by atoms with E-state index in [0.29, 0.717) is 6.42 Å². The number of nitrogens with zero attached hydrogens (tertiary/aromatic N) is 1. The van der Waals surface area contributed by atoms with Crippen molar-refractivity contribution in [2.24, 2.45) is 5.73 Å². The number of primary amides is 1. The Balaban J connectivity index is 2.24. The van der Waals surface area contributed by atoms with Crippen LogP contribution in [0.3, 0.4) is 0 Å². The number of hydrogen-bond donors (Lipinski definition) is 1. The number of rotatable bonds is 3. The Morgan fingerprint density at radius 2 is 2.40 bits per heavy atom. The lowest BCUT2D eigenvalue weighted by molar-refractivity contribution is -0.117. The van der Waals surface area contributed by atoms with Crippen molar-refractivity contribution in [1.29, 1.82) is 0 Å². The van der Waals surface area contributed by atoms with Crippen LogP contribution in [-0.2, 0) is 11.2 Å². The lowest BCUT2D eigenvalue weighted by atomic mass is 10.1. The van der Waals surface area contributed by atoms with Gasteiger partial charge < -0.3 is 5.73 Å². The second-order valence-electron chi connectivity index (χ2n) is 3.23. The lowest BCUT2D eigenvalue weighted by Crippen LogP contribution is -2.24. The maximum atomic E-state index is 10.9. The molecular formula is C10H9BrN2OS. The summed E-state index contributed by atoms with van der Waals surface area (Å²) in [5.74, 6) is -0.334. The van der Waals surface area contributed by atoms with Gasteiger partial charge in [-0.3, -0.25) is 4.79 Å². The number of hydrogen-bond acceptors (Lipinski definition) is 3. The summed E-state index contributed by atoms with van der Waals surface area (Å²) in [7, 11) is 0. The summed E-state index contributed by atoms with van der Waals surface area (Å²) in [6.45, 7) is 0. The molecule has 2 N–H and O–H groups in total. The standard InChI is InChI=1S/C10H9BrN2OS/c11-7(10(12)14)3-6-1-2-8-9(4-6)15-5-13-8/h1-2,4-5,7H,3H2,(H2,12,14). The molecule has 0 saturated carbocycles. The molecule has 1 unspecified atom stereocenters. The van der Waals surface area contributed by atoms with E-state index in [1.807, 2.05) is 23.7 Å². The Morgan fingerprint density at radius 1 is 1.60 bits per heavy atom. The van der Waals surface area contributed by atoms with E-state index in [4.69, 9.17) is 5.73 Å². The number of thiazole rings is 1. The molecule has 0 bridgehead atoms. The van der Waals surface area contributed by atoms with Crippen molar-refractivity contribution in [2.75, 3.05) is 0 Å². The summed E-state index contributed by atoms with van der Waals surface area (Å²) in [5, 5.41) is 0. The molecule has 0 aliphatic rings. The van der Waals surface area contributed by atoms with Gasteiger partial charge in [-0.2, -0.15) is 0 Å². The van der Waals surface area contributed by atoms with Crippen LogP contribution < -0.4 is 5.73 Å². The number of carbonyl (C=O) groups excluding carboxylic acids is 1. The maximum absolute atomic E-state index is 10.9. The van der Waals surface area contributed by atoms with Gasteiger partial charge in [0.05, 0.1) is 20.6 Å². The minimum atomic E-state index is -0.334. The van der Waals surface area contributed by atoms with Gasteiger partial charge in [0, 0.05) is 0 Å². The van der Waals surface area contributed by atoms with Crippen LogP contribution in [0, 0.1) is 0 Å². The first-order valence-corrected chi connectivity index (χ1v) is 6.22. The van der Waals surface area contributed by atoms with E-state index in [2.05, 4.69) is 20.9 Å². The molecule has 0 fully saturated rings. The second-order valence-corrected chi connectivity index (χ2v) is 5.22. The minimum Gasteiger partial charge on any atom is -0.369 e. The normalized spacial score (nSPS) is 12.9. The first-order valence-electron chi connectivity index (χ1n) is 4.42. The van der Waals surface area contributed by atoms with Crippen LogP contribution in [0.2, 0.25) is 0 Å². The van der Waals surface area contributed by atoms with Crippen molar-refractivity contribution in [3.05, 3.63) is 29.3 Å². The van der Waals surface area contributed by atoms with Crippen LogP contribution in [0.4, 0.5) is 0 Å². The molecule has 0 aliphatic heterocycles. The fraction of sp³-hybridized carbons (Fsp3) is 0.200. The molecule has 2 aromatic rings. The van der Waals surface area contributed by atoms with Gasteiger partial charge in [-0.25, -0.2) is 4.98 Å². The Morgan fingerprint density at radius 3 is 3.13 bits per heavy atom. The van der Waals surface area contributed by atoms with Gasteiger partial charge in [-0.15, -0.1) is 11.3 Å². The third kappa shape index (κ3) is 2.35. The summed E-state index contributed by atoms with van der Waals surface area (Å²) in [5.41, 5.74) is 9.08. The van der Waals surface area contributed by atoms with Crippen molar-refractivity contribution in [2.45, 2.75) is 11.2 Å². The molecule has 78 valence electrons. The van der Waals surface area contributed by atoms with E-state index in [1.54, 1.807) is 11.3 Å². The molecule has 0 spiro atoms. The SMILES string of the molecule is NC(=O)C(Br)Cc1ccc2ncsc2c1. The summed E-state index contributed by atoms with van der Waals surface area (Å²) < 4.78 is 1.14. The predicted molar refractivity (Wildman–Crippen MR) is 65.2 cm³/mol. The zero-order chi connectivity index (χ0) is 10.8. The van der Waals surface area contributed by atoms with Crippen LogP contribution in [0.15, 0.2) is 23.7 Å². The number of benzene rings is 1. The molecular weight excluding hydrogens is 276 g/mol. The van der Waals surface area contributed by atoms with E-state index >= 15 is 0 Å². The van der Waals surface area contributed by atoms with Crippen molar-refractivity contribution in [3.63, 3.8) is 0 Å². The largest absolute Gasteiger partial charge is 0.369 e. The smallest absolute Gasteiger partial charge is 0.231 e. The Bertz CT molecular complexity index is 497. The molecule has 0 aliphatic carbocycles. The van der Waals surface area contributed by atoms with Crippen LogP contribution in [0.25, 0.3) is 10.2 Å². The number of alkyl halides is 1. The topological polar surface area (TPSA) is 56.0 Å². The van der Waals surface area contributed by atoms with Crippen LogP contribution in [0.5, 0.6) is 0 Å². The maximum Gasteiger partial charge on any atom is 0.231 e. The average molecular weight is 285 g/mol. The lowest BCUT2D eigenvalue weighted by Gasteiger charge is -2.05. The van der Waals surface area contributed by atoms with Gasteiger partial charge in [0.25, 0.3) is 0 Å². The zero-order valence-corrected chi connectivity index (χ0v) is 10.2. The molecule has 2 rings (SSSR count). The minimum absolute atomic E-state index is 0.303. The predicted octanol–water partition coefficient (Wildman–Crippen LogP) is 2.09. The average Bonchev–Trinajstić information content (AvgIpc) is 2.64. The molecule has 1 aromatic carbocycles. The van der Waals surface area contributed by atoms with Gasteiger partial charge in [0.1, 0.15) is 0 Å². The van der Waals surface area contributed by atoms with Crippen molar-refractivity contribution in [3.8, 4) is 0 Å². The van der Waals surface area contributed by atoms with E-state index < -0.39 is 0 Å². The number of amides is 1. The molecule has 0 radical (unpaired) electrons. The monoisotopic (exact) mass is 284 g/mol. The Kier molecular flexibility index (Phi) is 3.02. The van der Waals surface area contributed by atoms with E-state index in [0.717, 1.165) is 15.8 Å². The van der Waals surface area contributed by atoms with E-state index in [-0.39, 0.29) is 10.7 Å². The molecule has 5 heteroatoms. The second kappa shape index (κ2) is 4.28. The number of fused-ring (bicyclic) bond motifs is 1. The first kappa shape index (κ1) is 10.6.